The highest BCUT2D eigenvalue weighted by Crippen LogP contribution is 2.27. The molecule has 0 aliphatic rings. The van der Waals surface area contributed by atoms with Crippen molar-refractivity contribution in [2.45, 2.75) is 18.9 Å². The molecular formula is C13H13ClN4O2S. The number of nitrogens with one attached hydrogen (secondary N) is 2. The van der Waals surface area contributed by atoms with Crippen molar-refractivity contribution in [1.29, 1.82) is 0 Å². The highest BCUT2D eigenvalue weighted by Gasteiger charge is 2.10. The number of carbonyl (C=O) groups excluding carboxylic acids is 1. The fourth-order valence-corrected chi connectivity index (χ4v) is 2.75. The molecule has 2 rings (SSSR count). The topological polar surface area (TPSA) is 87.7 Å². The number of rotatable bonds is 4. The summed E-state index contributed by atoms with van der Waals surface area (Å²) in [5.74, 6) is -0.113. The number of hydrogen-bond acceptors (Lipinski definition) is 5. The summed E-state index contributed by atoms with van der Waals surface area (Å²) in [4.78, 5) is 26.6. The molecule has 0 saturated heterocycles. The van der Waals surface area contributed by atoms with Crippen LogP contribution in [-0.4, -0.2) is 26.8 Å². The molecule has 0 spiro atoms. The van der Waals surface area contributed by atoms with Crippen LogP contribution in [-0.2, 0) is 4.79 Å². The summed E-state index contributed by atoms with van der Waals surface area (Å²) >= 11 is 7.26. The number of carbonyl (C=O) groups is 1. The molecule has 0 atom stereocenters. The molecule has 1 heterocycles. The lowest BCUT2D eigenvalue weighted by Gasteiger charge is -2.11. The summed E-state index contributed by atoms with van der Waals surface area (Å²) in [7, 11) is 0. The first-order valence-corrected chi connectivity index (χ1v) is 7.43. The molecule has 110 valence electrons. The molecule has 0 saturated carbocycles. The van der Waals surface area contributed by atoms with Crippen molar-refractivity contribution in [3.63, 3.8) is 0 Å². The van der Waals surface area contributed by atoms with Crippen molar-refractivity contribution in [3.05, 3.63) is 45.0 Å². The number of thioether (sulfide) groups is 1. The van der Waals surface area contributed by atoms with E-state index in [4.69, 9.17) is 11.6 Å². The van der Waals surface area contributed by atoms with Crippen molar-refractivity contribution >= 4 is 35.0 Å². The molecular weight excluding hydrogens is 312 g/mol. The van der Waals surface area contributed by atoms with Crippen LogP contribution in [0.3, 0.4) is 0 Å². The predicted octanol–water partition coefficient (Wildman–Crippen LogP) is 2.17. The molecule has 0 radical (unpaired) electrons. The molecule has 1 aromatic heterocycles. The Kier molecular flexibility index (Phi) is 4.98. The number of benzene rings is 1. The van der Waals surface area contributed by atoms with Crippen molar-refractivity contribution < 1.29 is 4.79 Å². The summed E-state index contributed by atoms with van der Waals surface area (Å²) in [6.07, 6.45) is 1.39. The van der Waals surface area contributed by atoms with Gasteiger partial charge >= 0.3 is 5.69 Å². The fourth-order valence-electron chi connectivity index (χ4n) is 1.76. The maximum Gasteiger partial charge on any atom is 0.362 e. The second-order valence-electron chi connectivity index (χ2n) is 4.40. The normalized spacial score (nSPS) is 10.4. The van der Waals surface area contributed by atoms with E-state index in [1.165, 1.54) is 6.20 Å². The van der Waals surface area contributed by atoms with Crippen LogP contribution in [0.1, 0.15) is 11.1 Å². The average molecular weight is 325 g/mol. The lowest BCUT2D eigenvalue weighted by molar-refractivity contribution is -0.113. The zero-order valence-corrected chi connectivity index (χ0v) is 13.0. The largest absolute Gasteiger partial charge is 0.362 e. The zero-order valence-electron chi connectivity index (χ0n) is 11.4. The number of anilines is 1. The zero-order chi connectivity index (χ0) is 15.4. The highest BCUT2D eigenvalue weighted by molar-refractivity contribution is 7.99. The van der Waals surface area contributed by atoms with Gasteiger partial charge in [-0.05, 0) is 31.0 Å². The molecule has 0 unspecified atom stereocenters. The van der Waals surface area contributed by atoms with E-state index < -0.39 is 5.69 Å². The van der Waals surface area contributed by atoms with E-state index in [-0.39, 0.29) is 11.7 Å². The molecule has 6 nitrogen and oxygen atoms in total. The maximum atomic E-state index is 11.9. The highest BCUT2D eigenvalue weighted by atomic mass is 35.5. The van der Waals surface area contributed by atoms with Crippen LogP contribution in [0.5, 0.6) is 0 Å². The van der Waals surface area contributed by atoms with Crippen LogP contribution >= 0.6 is 23.4 Å². The van der Waals surface area contributed by atoms with Crippen LogP contribution < -0.4 is 11.0 Å². The third-order valence-electron chi connectivity index (χ3n) is 2.59. The van der Waals surface area contributed by atoms with Gasteiger partial charge in [0.25, 0.3) is 0 Å². The Morgan fingerprint density at radius 2 is 2.19 bits per heavy atom. The number of halogens is 1. The number of hydrogen-bond donors (Lipinski definition) is 2. The minimum atomic E-state index is -0.544. The van der Waals surface area contributed by atoms with E-state index in [9.17, 15) is 9.59 Å². The smallest absolute Gasteiger partial charge is 0.324 e. The van der Waals surface area contributed by atoms with Gasteiger partial charge in [-0.25, -0.2) is 9.89 Å². The average Bonchev–Trinajstić information content (AvgIpc) is 2.40. The second-order valence-corrected chi connectivity index (χ2v) is 5.80. The number of aromatic amines is 1. The van der Waals surface area contributed by atoms with Gasteiger partial charge in [-0.2, -0.15) is 10.1 Å². The quantitative estimate of drug-likeness (QED) is 0.841. The van der Waals surface area contributed by atoms with E-state index in [0.717, 1.165) is 22.9 Å². The molecule has 2 aromatic rings. The molecule has 0 aliphatic heterocycles. The molecule has 0 fully saturated rings. The Labute approximate surface area is 130 Å². The van der Waals surface area contributed by atoms with Gasteiger partial charge in [-0.1, -0.05) is 29.4 Å². The number of amides is 1. The molecule has 0 bridgehead atoms. The van der Waals surface area contributed by atoms with Crippen molar-refractivity contribution in [1.82, 2.24) is 15.2 Å². The molecule has 2 N–H and O–H groups in total. The Bertz CT molecular complexity index is 709. The minimum Gasteiger partial charge on any atom is -0.324 e. The first-order chi connectivity index (χ1) is 9.95. The monoisotopic (exact) mass is 324 g/mol. The number of aromatic nitrogens is 3. The minimum absolute atomic E-state index is 0.113. The third kappa shape index (κ3) is 4.30. The Hall–Kier alpha value is -1.86. The summed E-state index contributed by atoms with van der Waals surface area (Å²) in [5.41, 5.74) is 1.99. The molecule has 8 heteroatoms. The van der Waals surface area contributed by atoms with Crippen molar-refractivity contribution in [3.8, 4) is 0 Å². The Morgan fingerprint density at radius 1 is 1.43 bits per heavy atom. The van der Waals surface area contributed by atoms with Crippen molar-refractivity contribution in [2.75, 3.05) is 11.1 Å². The van der Waals surface area contributed by atoms with Crippen molar-refractivity contribution in [2.24, 2.45) is 0 Å². The summed E-state index contributed by atoms with van der Waals surface area (Å²) in [6, 6.07) is 3.73. The van der Waals surface area contributed by atoms with E-state index in [1.807, 2.05) is 19.9 Å². The summed E-state index contributed by atoms with van der Waals surface area (Å²) < 4.78 is 0. The fraction of sp³-hybridized carbons (Fsp3) is 0.231. The van der Waals surface area contributed by atoms with E-state index in [2.05, 4.69) is 20.5 Å². The van der Waals surface area contributed by atoms with E-state index >= 15 is 0 Å². The molecule has 1 amide bonds. The lowest BCUT2D eigenvalue weighted by Crippen LogP contribution is -2.17. The summed E-state index contributed by atoms with van der Waals surface area (Å²) in [5, 5.41) is 9.44. The third-order valence-corrected chi connectivity index (χ3v) is 3.79. The first-order valence-electron chi connectivity index (χ1n) is 6.07. The first kappa shape index (κ1) is 15.5. The van der Waals surface area contributed by atoms with Gasteiger partial charge in [0.15, 0.2) is 0 Å². The number of aryl methyl sites for hydroxylation is 2. The van der Waals surface area contributed by atoms with Crippen LogP contribution in [0.2, 0.25) is 5.02 Å². The van der Waals surface area contributed by atoms with Gasteiger partial charge in [-0.15, -0.1) is 0 Å². The lowest BCUT2D eigenvalue weighted by atomic mass is 10.1. The van der Waals surface area contributed by atoms with Crippen LogP contribution in [0, 0.1) is 13.8 Å². The maximum absolute atomic E-state index is 11.9. The molecule has 1 aromatic carbocycles. The van der Waals surface area contributed by atoms with E-state index in [0.29, 0.717) is 15.7 Å². The van der Waals surface area contributed by atoms with Crippen LogP contribution in [0.25, 0.3) is 0 Å². The Balaban J connectivity index is 2.01. The van der Waals surface area contributed by atoms with Gasteiger partial charge in [0.1, 0.15) is 5.03 Å². The van der Waals surface area contributed by atoms with Gasteiger partial charge in [-0.3, -0.25) is 4.79 Å². The second kappa shape index (κ2) is 6.73. The number of nitrogens with zero attached hydrogens (tertiary/aromatic N) is 2. The molecule has 0 aliphatic carbocycles. The Morgan fingerprint density at radius 3 is 2.86 bits per heavy atom. The standard InChI is InChI=1S/C13H13ClN4O2S/c1-7-3-8(2)12(9(14)4-7)16-10(19)6-21-11-5-15-18-13(20)17-11/h3-5H,6H2,1-2H3,(H,16,19)(H,17,18,20). The number of H-pyrrole nitrogens is 1. The SMILES string of the molecule is Cc1cc(C)c(NC(=O)CSc2cn[nH]c(=O)n2)c(Cl)c1. The van der Waals surface area contributed by atoms with Gasteiger partial charge in [0.05, 0.1) is 22.7 Å². The summed E-state index contributed by atoms with van der Waals surface area (Å²) in [6.45, 7) is 3.82. The van der Waals surface area contributed by atoms with Gasteiger partial charge < -0.3 is 5.32 Å². The predicted molar refractivity (Wildman–Crippen MR) is 82.9 cm³/mol. The van der Waals surface area contributed by atoms with Crippen LogP contribution in [0.4, 0.5) is 5.69 Å². The van der Waals surface area contributed by atoms with E-state index in [1.54, 1.807) is 6.07 Å². The van der Waals surface area contributed by atoms with Gasteiger partial charge in [0, 0.05) is 0 Å². The van der Waals surface area contributed by atoms with Crippen LogP contribution in [0.15, 0.2) is 28.2 Å². The van der Waals surface area contributed by atoms with Gasteiger partial charge in [0.2, 0.25) is 5.91 Å². The molecule has 21 heavy (non-hydrogen) atoms.